The molecule has 0 fully saturated rings. The molecule has 0 bridgehead atoms. The van der Waals surface area contributed by atoms with Gasteiger partial charge in [-0.15, -0.1) is 0 Å². The van der Waals surface area contributed by atoms with Crippen molar-refractivity contribution < 1.29 is 0 Å². The third kappa shape index (κ3) is 3.02. The molecule has 1 heterocycles. The van der Waals surface area contributed by atoms with Crippen molar-refractivity contribution in [3.05, 3.63) is 18.0 Å². The van der Waals surface area contributed by atoms with Crippen LogP contribution in [0.3, 0.4) is 0 Å². The number of nitrogens with one attached hydrogen (secondary N) is 2. The van der Waals surface area contributed by atoms with Crippen molar-refractivity contribution in [2.75, 3.05) is 13.1 Å². The first-order valence-electron chi connectivity index (χ1n) is 4.24. The average molecular weight is 168 g/mol. The Morgan fingerprint density at radius 3 is 3.17 bits per heavy atom. The summed E-state index contributed by atoms with van der Waals surface area (Å²) in [6, 6.07) is 2.38. The maximum absolute atomic E-state index is 5.45. The molecule has 1 atom stereocenters. The fourth-order valence-electron chi connectivity index (χ4n) is 0.960. The second kappa shape index (κ2) is 4.90. The molecule has 0 spiro atoms. The molecule has 1 rings (SSSR count). The van der Waals surface area contributed by atoms with Gasteiger partial charge >= 0.3 is 0 Å². The van der Waals surface area contributed by atoms with E-state index in [-0.39, 0.29) is 0 Å². The second-order valence-corrected chi connectivity index (χ2v) is 2.92. The zero-order valence-corrected chi connectivity index (χ0v) is 7.38. The number of hydrogen-bond acceptors (Lipinski definition) is 3. The first-order valence-corrected chi connectivity index (χ1v) is 4.24. The molecule has 0 radical (unpaired) electrons. The standard InChI is InChI=1S/C8H16N4/c1-7(6-9)10-4-2-8-3-5-11-12-8/h3,5,7,10H,2,4,6,9H2,1H3,(H,11,12)/t7-/m0/s1. The molecule has 0 saturated carbocycles. The van der Waals surface area contributed by atoms with Crippen molar-refractivity contribution in [1.29, 1.82) is 0 Å². The van der Waals surface area contributed by atoms with E-state index in [4.69, 9.17) is 5.73 Å². The molecule has 4 N–H and O–H groups in total. The van der Waals surface area contributed by atoms with Gasteiger partial charge in [0.05, 0.1) is 0 Å². The van der Waals surface area contributed by atoms with E-state index in [0.29, 0.717) is 12.6 Å². The first-order chi connectivity index (χ1) is 5.83. The van der Waals surface area contributed by atoms with Crippen molar-refractivity contribution in [3.63, 3.8) is 0 Å². The molecule has 4 heteroatoms. The molecular weight excluding hydrogens is 152 g/mol. The lowest BCUT2D eigenvalue weighted by atomic mass is 10.3. The van der Waals surface area contributed by atoms with E-state index >= 15 is 0 Å². The molecule has 1 aromatic heterocycles. The van der Waals surface area contributed by atoms with E-state index in [1.54, 1.807) is 6.20 Å². The third-order valence-electron chi connectivity index (χ3n) is 1.80. The van der Waals surface area contributed by atoms with Gasteiger partial charge in [-0.1, -0.05) is 0 Å². The summed E-state index contributed by atoms with van der Waals surface area (Å²) in [5.74, 6) is 0. The molecule has 0 saturated heterocycles. The maximum atomic E-state index is 5.45. The Morgan fingerprint density at radius 1 is 1.75 bits per heavy atom. The number of rotatable bonds is 5. The van der Waals surface area contributed by atoms with Crippen LogP contribution in [0.2, 0.25) is 0 Å². The molecule has 0 aliphatic heterocycles. The van der Waals surface area contributed by atoms with Gasteiger partial charge in [-0.25, -0.2) is 0 Å². The first kappa shape index (κ1) is 9.22. The van der Waals surface area contributed by atoms with Crippen molar-refractivity contribution in [3.8, 4) is 0 Å². The smallest absolute Gasteiger partial charge is 0.0490 e. The van der Waals surface area contributed by atoms with E-state index < -0.39 is 0 Å². The molecule has 0 unspecified atom stereocenters. The highest BCUT2D eigenvalue weighted by Gasteiger charge is 1.97. The summed E-state index contributed by atoms with van der Waals surface area (Å²) in [4.78, 5) is 0. The van der Waals surface area contributed by atoms with Crippen LogP contribution in [0, 0.1) is 0 Å². The van der Waals surface area contributed by atoms with Crippen molar-refractivity contribution in [1.82, 2.24) is 15.5 Å². The molecule has 0 aromatic carbocycles. The highest BCUT2D eigenvalue weighted by atomic mass is 15.1. The summed E-state index contributed by atoms with van der Waals surface area (Å²) in [5.41, 5.74) is 6.61. The van der Waals surface area contributed by atoms with Crippen molar-refractivity contribution >= 4 is 0 Å². The molecule has 68 valence electrons. The maximum Gasteiger partial charge on any atom is 0.0490 e. The van der Waals surface area contributed by atoms with Crippen LogP contribution >= 0.6 is 0 Å². The van der Waals surface area contributed by atoms with Crippen molar-refractivity contribution in [2.45, 2.75) is 19.4 Å². The number of aromatic amines is 1. The van der Waals surface area contributed by atoms with Crippen LogP contribution in [0.5, 0.6) is 0 Å². The van der Waals surface area contributed by atoms with Crippen LogP contribution in [0.25, 0.3) is 0 Å². The van der Waals surface area contributed by atoms with Gasteiger partial charge in [0.1, 0.15) is 0 Å². The lowest BCUT2D eigenvalue weighted by Gasteiger charge is -2.09. The molecule has 0 amide bonds. The Morgan fingerprint density at radius 2 is 2.58 bits per heavy atom. The highest BCUT2D eigenvalue weighted by Crippen LogP contribution is 1.91. The predicted molar refractivity (Wildman–Crippen MR) is 48.8 cm³/mol. The summed E-state index contributed by atoms with van der Waals surface area (Å²) in [6.45, 7) is 3.70. The van der Waals surface area contributed by atoms with Gasteiger partial charge in [-0.05, 0) is 13.0 Å². The summed E-state index contributed by atoms with van der Waals surface area (Å²) >= 11 is 0. The van der Waals surface area contributed by atoms with Crippen LogP contribution < -0.4 is 11.1 Å². The van der Waals surface area contributed by atoms with Gasteiger partial charge in [0, 0.05) is 37.4 Å². The second-order valence-electron chi connectivity index (χ2n) is 2.92. The molecule has 4 nitrogen and oxygen atoms in total. The average Bonchev–Trinajstić information content (AvgIpc) is 2.57. The van der Waals surface area contributed by atoms with Gasteiger partial charge in [0.25, 0.3) is 0 Å². The van der Waals surface area contributed by atoms with Gasteiger partial charge in [-0.2, -0.15) is 5.10 Å². The van der Waals surface area contributed by atoms with E-state index in [9.17, 15) is 0 Å². The van der Waals surface area contributed by atoms with Crippen LogP contribution in [0.4, 0.5) is 0 Å². The number of aromatic nitrogens is 2. The summed E-state index contributed by atoms with van der Waals surface area (Å²) in [5, 5.41) is 10.1. The molecule has 0 aliphatic rings. The molecule has 12 heavy (non-hydrogen) atoms. The minimum Gasteiger partial charge on any atom is -0.329 e. The Labute approximate surface area is 72.5 Å². The number of nitrogens with zero attached hydrogens (tertiary/aromatic N) is 1. The Hall–Kier alpha value is -0.870. The summed E-state index contributed by atoms with van der Waals surface area (Å²) < 4.78 is 0. The minimum atomic E-state index is 0.396. The van der Waals surface area contributed by atoms with Gasteiger partial charge < -0.3 is 11.1 Å². The lowest BCUT2D eigenvalue weighted by Crippen LogP contribution is -2.34. The van der Waals surface area contributed by atoms with Gasteiger partial charge in [0.2, 0.25) is 0 Å². The lowest BCUT2D eigenvalue weighted by molar-refractivity contribution is 0.556. The van der Waals surface area contributed by atoms with Crippen molar-refractivity contribution in [2.24, 2.45) is 5.73 Å². The quantitative estimate of drug-likeness (QED) is 0.574. The van der Waals surface area contributed by atoms with E-state index in [1.165, 1.54) is 0 Å². The minimum absolute atomic E-state index is 0.396. The monoisotopic (exact) mass is 168 g/mol. The fourth-order valence-corrected chi connectivity index (χ4v) is 0.960. The van der Waals surface area contributed by atoms with Crippen LogP contribution in [0.15, 0.2) is 12.3 Å². The highest BCUT2D eigenvalue weighted by molar-refractivity contribution is 4.97. The number of hydrogen-bond donors (Lipinski definition) is 3. The van der Waals surface area contributed by atoms with E-state index in [1.807, 2.05) is 6.07 Å². The Kier molecular flexibility index (Phi) is 3.76. The molecular formula is C8H16N4. The van der Waals surface area contributed by atoms with Crippen LogP contribution in [-0.2, 0) is 6.42 Å². The summed E-state index contributed by atoms with van der Waals surface area (Å²) in [6.07, 6.45) is 2.74. The zero-order chi connectivity index (χ0) is 8.81. The Balaban J connectivity index is 2.11. The van der Waals surface area contributed by atoms with Crippen LogP contribution in [-0.4, -0.2) is 29.3 Å². The van der Waals surface area contributed by atoms with E-state index in [0.717, 1.165) is 18.7 Å². The SMILES string of the molecule is C[C@@H](CN)NCCc1ccn[nH]1. The topological polar surface area (TPSA) is 66.7 Å². The normalized spacial score (nSPS) is 13.2. The predicted octanol–water partition coefficient (Wildman–Crippen LogP) is -0.111. The third-order valence-corrected chi connectivity index (χ3v) is 1.80. The number of H-pyrrole nitrogens is 1. The van der Waals surface area contributed by atoms with Crippen LogP contribution in [0.1, 0.15) is 12.6 Å². The largest absolute Gasteiger partial charge is 0.329 e. The number of nitrogens with two attached hydrogens (primary N) is 1. The zero-order valence-electron chi connectivity index (χ0n) is 7.38. The fraction of sp³-hybridized carbons (Fsp3) is 0.625. The van der Waals surface area contributed by atoms with Gasteiger partial charge in [0.15, 0.2) is 0 Å². The molecule has 0 aliphatic carbocycles. The van der Waals surface area contributed by atoms with E-state index in [2.05, 4.69) is 22.4 Å². The van der Waals surface area contributed by atoms with Gasteiger partial charge in [-0.3, -0.25) is 5.10 Å². The Bertz CT molecular complexity index is 195. The summed E-state index contributed by atoms with van der Waals surface area (Å²) in [7, 11) is 0. The molecule has 1 aromatic rings.